The predicted molar refractivity (Wildman–Crippen MR) is 85.4 cm³/mol. The van der Waals surface area contributed by atoms with E-state index in [0.29, 0.717) is 10.6 Å². The molecule has 0 fully saturated rings. The van der Waals surface area contributed by atoms with E-state index in [-0.39, 0.29) is 0 Å². The molecule has 0 radical (unpaired) electrons. The van der Waals surface area contributed by atoms with Crippen LogP contribution in [0.1, 0.15) is 11.1 Å². The maximum atomic E-state index is 12.7. The molecular weight excluding hydrogens is 284 g/mol. The minimum Gasteiger partial charge on any atom is -0.384 e. The van der Waals surface area contributed by atoms with E-state index in [0.717, 1.165) is 24.2 Å². The summed E-state index contributed by atoms with van der Waals surface area (Å²) < 4.78 is 26.8. The van der Waals surface area contributed by atoms with Crippen molar-refractivity contribution in [3.05, 3.63) is 53.6 Å². The first-order valence-corrected chi connectivity index (χ1v) is 8.35. The topological polar surface area (TPSA) is 49.4 Å². The number of hydrogen-bond donors (Lipinski definition) is 1. The van der Waals surface area contributed by atoms with Crippen molar-refractivity contribution < 1.29 is 8.42 Å². The summed E-state index contributed by atoms with van der Waals surface area (Å²) in [7, 11) is -1.95. The Bertz CT molecular complexity index is 767. The van der Waals surface area contributed by atoms with Gasteiger partial charge in [-0.05, 0) is 43.2 Å². The molecular formula is C16H18N2O2S. The Labute approximate surface area is 125 Å². The normalized spacial score (nSPS) is 13.6. The second-order valence-electron chi connectivity index (χ2n) is 5.30. The summed E-state index contributed by atoms with van der Waals surface area (Å²) in [6.07, 6.45) is 0.948. The number of anilines is 2. The number of rotatable bonds is 3. The molecule has 0 spiro atoms. The van der Waals surface area contributed by atoms with Crippen LogP contribution < -0.4 is 9.62 Å². The standard InChI is InChI=1S/C16H18N2O2S/c1-12-3-6-14(7-4-12)18(2)21(19,20)15-8-5-13-9-10-17-16(13)11-15/h3-8,11,17H,9-10H2,1-2H3. The van der Waals surface area contributed by atoms with Gasteiger partial charge in [-0.2, -0.15) is 0 Å². The van der Waals surface area contributed by atoms with Crippen LogP contribution in [0.15, 0.2) is 47.4 Å². The van der Waals surface area contributed by atoms with Crippen molar-refractivity contribution in [2.45, 2.75) is 18.2 Å². The summed E-state index contributed by atoms with van der Waals surface area (Å²) in [6.45, 7) is 2.84. The third-order valence-corrected chi connectivity index (χ3v) is 5.63. The quantitative estimate of drug-likeness (QED) is 0.948. The van der Waals surface area contributed by atoms with Crippen LogP contribution in [0.4, 0.5) is 11.4 Å². The molecule has 0 unspecified atom stereocenters. The first kappa shape index (κ1) is 13.9. The van der Waals surface area contributed by atoms with Crippen LogP contribution in [0.5, 0.6) is 0 Å². The molecule has 0 aromatic heterocycles. The zero-order valence-corrected chi connectivity index (χ0v) is 12.9. The fraction of sp³-hybridized carbons (Fsp3) is 0.250. The Morgan fingerprint density at radius 3 is 2.52 bits per heavy atom. The number of sulfonamides is 1. The number of benzene rings is 2. The van der Waals surface area contributed by atoms with Crippen LogP contribution in [0.2, 0.25) is 0 Å². The molecule has 0 saturated heterocycles. The fourth-order valence-electron chi connectivity index (χ4n) is 2.48. The van der Waals surface area contributed by atoms with Crippen LogP contribution in [0, 0.1) is 6.92 Å². The fourth-order valence-corrected chi connectivity index (χ4v) is 3.70. The maximum absolute atomic E-state index is 12.7. The van der Waals surface area contributed by atoms with Gasteiger partial charge in [-0.25, -0.2) is 8.42 Å². The molecule has 0 bridgehead atoms. The number of nitrogens with zero attached hydrogens (tertiary/aromatic N) is 1. The van der Waals surface area contributed by atoms with Gasteiger partial charge >= 0.3 is 0 Å². The zero-order valence-electron chi connectivity index (χ0n) is 12.1. The molecule has 3 rings (SSSR count). The second-order valence-corrected chi connectivity index (χ2v) is 7.27. The molecule has 110 valence electrons. The molecule has 2 aromatic carbocycles. The average molecular weight is 302 g/mol. The summed E-state index contributed by atoms with van der Waals surface area (Å²) in [4.78, 5) is 0.318. The van der Waals surface area contributed by atoms with Gasteiger partial charge in [0.05, 0.1) is 10.6 Å². The monoisotopic (exact) mass is 302 g/mol. The highest BCUT2D eigenvalue weighted by molar-refractivity contribution is 7.92. The smallest absolute Gasteiger partial charge is 0.264 e. The van der Waals surface area contributed by atoms with E-state index in [1.54, 1.807) is 19.2 Å². The average Bonchev–Trinajstić information content (AvgIpc) is 2.94. The SMILES string of the molecule is Cc1ccc(N(C)S(=O)(=O)c2ccc3c(c2)NCC3)cc1. The summed E-state index contributed by atoms with van der Waals surface area (Å²) in [5.74, 6) is 0. The number of fused-ring (bicyclic) bond motifs is 1. The maximum Gasteiger partial charge on any atom is 0.264 e. The summed E-state index contributed by atoms with van der Waals surface area (Å²) >= 11 is 0. The lowest BCUT2D eigenvalue weighted by atomic mass is 10.2. The van der Waals surface area contributed by atoms with Gasteiger partial charge in [0.25, 0.3) is 10.0 Å². The predicted octanol–water partition coefficient (Wildman–Crippen LogP) is 2.79. The van der Waals surface area contributed by atoms with Crippen molar-refractivity contribution >= 4 is 21.4 Å². The third-order valence-electron chi connectivity index (χ3n) is 3.85. The van der Waals surface area contributed by atoms with Crippen molar-refractivity contribution in [1.82, 2.24) is 0 Å². The second kappa shape index (κ2) is 5.07. The van der Waals surface area contributed by atoms with Crippen molar-refractivity contribution in [1.29, 1.82) is 0 Å². The molecule has 0 aliphatic carbocycles. The largest absolute Gasteiger partial charge is 0.384 e. The minimum absolute atomic E-state index is 0.318. The van der Waals surface area contributed by atoms with Crippen molar-refractivity contribution in [2.24, 2.45) is 0 Å². The van der Waals surface area contributed by atoms with E-state index in [9.17, 15) is 8.42 Å². The van der Waals surface area contributed by atoms with E-state index in [1.165, 1.54) is 9.87 Å². The molecule has 4 nitrogen and oxygen atoms in total. The van der Waals surface area contributed by atoms with E-state index in [4.69, 9.17) is 0 Å². The minimum atomic E-state index is -3.53. The van der Waals surface area contributed by atoms with Gasteiger partial charge in [0.15, 0.2) is 0 Å². The molecule has 0 saturated carbocycles. The highest BCUT2D eigenvalue weighted by Gasteiger charge is 2.23. The Morgan fingerprint density at radius 2 is 1.81 bits per heavy atom. The van der Waals surface area contributed by atoms with Gasteiger partial charge in [0.1, 0.15) is 0 Å². The lowest BCUT2D eigenvalue weighted by Crippen LogP contribution is -2.26. The van der Waals surface area contributed by atoms with E-state index in [1.807, 2.05) is 37.3 Å². The van der Waals surface area contributed by atoms with E-state index >= 15 is 0 Å². The Balaban J connectivity index is 1.98. The zero-order chi connectivity index (χ0) is 15.0. The van der Waals surface area contributed by atoms with Crippen LogP contribution in [0.25, 0.3) is 0 Å². The first-order chi connectivity index (χ1) is 9.98. The Hall–Kier alpha value is -2.01. The Morgan fingerprint density at radius 1 is 1.10 bits per heavy atom. The van der Waals surface area contributed by atoms with E-state index < -0.39 is 10.0 Å². The van der Waals surface area contributed by atoms with Gasteiger partial charge in [-0.1, -0.05) is 23.8 Å². The van der Waals surface area contributed by atoms with Crippen LogP contribution in [0.3, 0.4) is 0 Å². The third kappa shape index (κ3) is 2.49. The van der Waals surface area contributed by atoms with Crippen molar-refractivity contribution in [2.75, 3.05) is 23.2 Å². The highest BCUT2D eigenvalue weighted by Crippen LogP contribution is 2.28. The molecule has 1 aliphatic rings. The molecule has 0 atom stereocenters. The van der Waals surface area contributed by atoms with Gasteiger partial charge in [0, 0.05) is 19.3 Å². The van der Waals surface area contributed by atoms with Gasteiger partial charge in [-0.15, -0.1) is 0 Å². The van der Waals surface area contributed by atoms with E-state index in [2.05, 4.69) is 5.32 Å². The Kier molecular flexibility index (Phi) is 3.37. The number of nitrogens with one attached hydrogen (secondary N) is 1. The van der Waals surface area contributed by atoms with Crippen molar-refractivity contribution in [3.8, 4) is 0 Å². The van der Waals surface area contributed by atoms with Gasteiger partial charge in [0.2, 0.25) is 0 Å². The van der Waals surface area contributed by atoms with Crippen LogP contribution in [-0.4, -0.2) is 22.0 Å². The number of hydrogen-bond acceptors (Lipinski definition) is 3. The summed E-state index contributed by atoms with van der Waals surface area (Å²) in [6, 6.07) is 12.8. The molecule has 21 heavy (non-hydrogen) atoms. The van der Waals surface area contributed by atoms with Crippen LogP contribution in [-0.2, 0) is 16.4 Å². The van der Waals surface area contributed by atoms with Crippen molar-refractivity contribution in [3.63, 3.8) is 0 Å². The molecule has 5 heteroatoms. The number of aryl methyl sites for hydroxylation is 1. The summed E-state index contributed by atoms with van der Waals surface area (Å²) in [5.41, 5.74) is 3.86. The molecule has 2 aromatic rings. The first-order valence-electron chi connectivity index (χ1n) is 6.91. The van der Waals surface area contributed by atoms with Gasteiger partial charge in [-0.3, -0.25) is 4.31 Å². The molecule has 1 heterocycles. The van der Waals surface area contributed by atoms with Gasteiger partial charge < -0.3 is 5.32 Å². The lowest BCUT2D eigenvalue weighted by molar-refractivity contribution is 0.594. The molecule has 1 aliphatic heterocycles. The molecule has 1 N–H and O–H groups in total. The highest BCUT2D eigenvalue weighted by atomic mass is 32.2. The lowest BCUT2D eigenvalue weighted by Gasteiger charge is -2.20. The summed E-state index contributed by atoms with van der Waals surface area (Å²) in [5, 5.41) is 3.22. The van der Waals surface area contributed by atoms with Crippen LogP contribution >= 0.6 is 0 Å². The molecule has 0 amide bonds.